The molecule has 0 atom stereocenters. The minimum Gasteiger partial charge on any atom is -0.491 e. The summed E-state index contributed by atoms with van der Waals surface area (Å²) in [7, 11) is 0. The van der Waals surface area contributed by atoms with Gasteiger partial charge in [0.15, 0.2) is 0 Å². The van der Waals surface area contributed by atoms with E-state index < -0.39 is 0 Å². The van der Waals surface area contributed by atoms with Gasteiger partial charge in [0.25, 0.3) is 0 Å². The second kappa shape index (κ2) is 10.6. The van der Waals surface area contributed by atoms with Gasteiger partial charge in [-0.2, -0.15) is 0 Å². The summed E-state index contributed by atoms with van der Waals surface area (Å²) in [5.41, 5.74) is 1.12. The predicted molar refractivity (Wildman–Crippen MR) is 96.9 cm³/mol. The molecule has 136 valence electrons. The summed E-state index contributed by atoms with van der Waals surface area (Å²) >= 11 is 0. The van der Waals surface area contributed by atoms with Gasteiger partial charge in [-0.15, -0.1) is 6.42 Å². The molecule has 1 aliphatic heterocycles. The van der Waals surface area contributed by atoms with E-state index in [1.54, 1.807) is 6.92 Å². The number of hydrogen-bond acceptors (Lipinski definition) is 5. The third-order valence-corrected chi connectivity index (χ3v) is 3.96. The molecule has 0 spiro atoms. The molecule has 0 aliphatic carbocycles. The zero-order chi connectivity index (χ0) is 17.9. The molecule has 1 saturated heterocycles. The number of hydrogen-bond donors (Lipinski definition) is 0. The van der Waals surface area contributed by atoms with E-state index >= 15 is 0 Å². The summed E-state index contributed by atoms with van der Waals surface area (Å²) in [5.74, 6) is 3.36. The average Bonchev–Trinajstić information content (AvgIpc) is 2.64. The molecule has 0 saturated carbocycles. The second-order valence-electron chi connectivity index (χ2n) is 5.71. The lowest BCUT2D eigenvalue weighted by Gasteiger charge is -2.35. The monoisotopic (exact) mass is 346 g/mol. The number of carbonyl (C=O) groups is 1. The maximum Gasteiger partial charge on any atom is 0.219 e. The van der Waals surface area contributed by atoms with Crippen molar-refractivity contribution in [2.24, 2.45) is 0 Å². The number of ether oxygens (including phenoxy) is 3. The molecule has 6 heteroatoms. The Morgan fingerprint density at radius 2 is 1.84 bits per heavy atom. The van der Waals surface area contributed by atoms with Gasteiger partial charge in [-0.1, -0.05) is 12.0 Å². The molecule has 1 aromatic rings. The standard InChI is InChI=1S/C19H26N2O4/c1-3-11-23-12-13-24-14-15-25-19-6-4-5-18(16-19)21-9-7-20(8-10-21)17(2)22/h1,4-6,16H,7-15H2,2H3. The fourth-order valence-corrected chi connectivity index (χ4v) is 2.62. The highest BCUT2D eigenvalue weighted by molar-refractivity contribution is 5.73. The van der Waals surface area contributed by atoms with Crippen molar-refractivity contribution >= 4 is 11.6 Å². The van der Waals surface area contributed by atoms with Crippen LogP contribution in [0.5, 0.6) is 5.75 Å². The van der Waals surface area contributed by atoms with Crippen molar-refractivity contribution in [1.82, 2.24) is 4.90 Å². The van der Waals surface area contributed by atoms with Crippen molar-refractivity contribution in [3.63, 3.8) is 0 Å². The minimum absolute atomic E-state index is 0.140. The van der Waals surface area contributed by atoms with E-state index in [0.29, 0.717) is 33.0 Å². The van der Waals surface area contributed by atoms with Crippen LogP contribution in [0.3, 0.4) is 0 Å². The number of amides is 1. The maximum absolute atomic E-state index is 11.4. The Hall–Kier alpha value is -2.23. The molecule has 25 heavy (non-hydrogen) atoms. The molecule has 1 aromatic carbocycles. The SMILES string of the molecule is C#CCOCCOCCOc1cccc(N2CCN(C(C)=O)CC2)c1. The number of carbonyl (C=O) groups excluding carboxylic acids is 1. The van der Waals surface area contributed by atoms with E-state index in [4.69, 9.17) is 20.6 Å². The van der Waals surface area contributed by atoms with Crippen LogP contribution in [0.15, 0.2) is 24.3 Å². The second-order valence-corrected chi connectivity index (χ2v) is 5.71. The van der Waals surface area contributed by atoms with E-state index in [0.717, 1.165) is 37.6 Å². The summed E-state index contributed by atoms with van der Waals surface area (Å²) < 4.78 is 16.3. The van der Waals surface area contributed by atoms with Crippen LogP contribution in [-0.4, -0.2) is 70.0 Å². The first kappa shape index (κ1) is 19.1. The van der Waals surface area contributed by atoms with Gasteiger partial charge in [-0.25, -0.2) is 0 Å². The van der Waals surface area contributed by atoms with Crippen molar-refractivity contribution in [3.8, 4) is 18.1 Å². The van der Waals surface area contributed by atoms with Crippen LogP contribution in [0.25, 0.3) is 0 Å². The minimum atomic E-state index is 0.140. The number of piperazine rings is 1. The lowest BCUT2D eigenvalue weighted by atomic mass is 10.2. The molecule has 1 amide bonds. The third kappa shape index (κ3) is 6.65. The zero-order valence-electron chi connectivity index (χ0n) is 14.8. The number of anilines is 1. The molecule has 1 aliphatic rings. The van der Waals surface area contributed by atoms with Gasteiger partial charge < -0.3 is 24.0 Å². The molecular formula is C19H26N2O4. The van der Waals surface area contributed by atoms with Crippen molar-refractivity contribution < 1.29 is 19.0 Å². The summed E-state index contributed by atoms with van der Waals surface area (Å²) in [6.07, 6.45) is 5.08. The summed E-state index contributed by atoms with van der Waals surface area (Å²) in [6, 6.07) is 8.01. The van der Waals surface area contributed by atoms with Crippen molar-refractivity contribution in [2.45, 2.75) is 6.92 Å². The number of rotatable bonds is 9. The largest absolute Gasteiger partial charge is 0.491 e. The van der Waals surface area contributed by atoms with E-state index in [-0.39, 0.29) is 5.91 Å². The summed E-state index contributed by atoms with van der Waals surface area (Å²) in [4.78, 5) is 15.5. The molecule has 0 radical (unpaired) electrons. The van der Waals surface area contributed by atoms with E-state index in [9.17, 15) is 4.79 Å². The van der Waals surface area contributed by atoms with Crippen LogP contribution < -0.4 is 9.64 Å². The van der Waals surface area contributed by atoms with E-state index in [1.807, 2.05) is 23.1 Å². The zero-order valence-corrected chi connectivity index (χ0v) is 14.8. The maximum atomic E-state index is 11.4. The van der Waals surface area contributed by atoms with E-state index in [2.05, 4.69) is 16.9 Å². The van der Waals surface area contributed by atoms with Gasteiger partial charge in [0.1, 0.15) is 19.0 Å². The molecule has 6 nitrogen and oxygen atoms in total. The predicted octanol–water partition coefficient (Wildman–Crippen LogP) is 1.40. The van der Waals surface area contributed by atoms with Crippen LogP contribution in [0.4, 0.5) is 5.69 Å². The lowest BCUT2D eigenvalue weighted by molar-refractivity contribution is -0.129. The highest BCUT2D eigenvalue weighted by Crippen LogP contribution is 2.22. The summed E-state index contributed by atoms with van der Waals surface area (Å²) in [5, 5.41) is 0. The van der Waals surface area contributed by atoms with Gasteiger partial charge in [-0.05, 0) is 12.1 Å². The first-order valence-electron chi connectivity index (χ1n) is 8.53. The van der Waals surface area contributed by atoms with Gasteiger partial charge in [-0.3, -0.25) is 4.79 Å². The molecule has 0 N–H and O–H groups in total. The molecule has 0 aromatic heterocycles. The third-order valence-electron chi connectivity index (χ3n) is 3.96. The molecule has 1 fully saturated rings. The van der Waals surface area contributed by atoms with Crippen molar-refractivity contribution in [3.05, 3.63) is 24.3 Å². The Labute approximate surface area is 149 Å². The highest BCUT2D eigenvalue weighted by Gasteiger charge is 2.18. The summed E-state index contributed by atoms with van der Waals surface area (Å²) in [6.45, 7) is 7.11. The Balaban J connectivity index is 1.69. The molecular weight excluding hydrogens is 320 g/mol. The fraction of sp³-hybridized carbons (Fsp3) is 0.526. The Bertz CT molecular complexity index is 577. The van der Waals surface area contributed by atoms with Gasteiger partial charge >= 0.3 is 0 Å². The first-order chi connectivity index (χ1) is 12.2. The molecule has 0 bridgehead atoms. The quantitative estimate of drug-likeness (QED) is 0.500. The van der Waals surface area contributed by atoms with E-state index in [1.165, 1.54) is 0 Å². The van der Waals surface area contributed by atoms with Crippen LogP contribution in [-0.2, 0) is 14.3 Å². The Morgan fingerprint density at radius 1 is 1.12 bits per heavy atom. The molecule has 1 heterocycles. The normalized spacial score (nSPS) is 14.2. The van der Waals surface area contributed by atoms with Crippen LogP contribution in [0.2, 0.25) is 0 Å². The van der Waals surface area contributed by atoms with Crippen molar-refractivity contribution in [1.29, 1.82) is 0 Å². The topological polar surface area (TPSA) is 51.2 Å². The number of benzene rings is 1. The van der Waals surface area contributed by atoms with Crippen LogP contribution in [0.1, 0.15) is 6.92 Å². The number of nitrogens with zero attached hydrogens (tertiary/aromatic N) is 2. The van der Waals surface area contributed by atoms with Gasteiger partial charge in [0.2, 0.25) is 5.91 Å². The Morgan fingerprint density at radius 3 is 2.56 bits per heavy atom. The smallest absolute Gasteiger partial charge is 0.219 e. The van der Waals surface area contributed by atoms with Gasteiger partial charge in [0, 0.05) is 44.9 Å². The lowest BCUT2D eigenvalue weighted by Crippen LogP contribution is -2.48. The number of terminal acetylenes is 1. The first-order valence-corrected chi connectivity index (χ1v) is 8.53. The van der Waals surface area contributed by atoms with Crippen molar-refractivity contribution in [2.75, 3.05) is 64.1 Å². The average molecular weight is 346 g/mol. The van der Waals surface area contributed by atoms with Crippen LogP contribution >= 0.6 is 0 Å². The Kier molecular flexibility index (Phi) is 8.10. The molecule has 0 unspecified atom stereocenters. The van der Waals surface area contributed by atoms with Crippen LogP contribution in [0, 0.1) is 12.3 Å². The highest BCUT2D eigenvalue weighted by atomic mass is 16.5. The van der Waals surface area contributed by atoms with Gasteiger partial charge in [0.05, 0.1) is 19.8 Å². The molecule has 2 rings (SSSR count). The fourth-order valence-electron chi connectivity index (χ4n) is 2.62.